The smallest absolute Gasteiger partial charge is 0.263 e. The number of benzene rings is 1. The molecule has 1 saturated heterocycles. The number of nitrogens with one attached hydrogen (secondary N) is 1. The Morgan fingerprint density at radius 3 is 2.44 bits per heavy atom. The van der Waals surface area contributed by atoms with Gasteiger partial charge in [0.1, 0.15) is 0 Å². The van der Waals surface area contributed by atoms with E-state index in [1.807, 2.05) is 12.1 Å². The Balaban J connectivity index is 0.00000128. The Bertz CT molecular complexity index is 307. The Labute approximate surface area is 101 Å². The molecule has 1 heterocycles. The Kier molecular flexibility index (Phi) is 5.16. The number of alkyl halides is 2. The lowest BCUT2D eigenvalue weighted by molar-refractivity contribution is 0.151. The Morgan fingerprint density at radius 2 is 1.94 bits per heavy atom. The Hall–Kier alpha value is -0.670. The van der Waals surface area contributed by atoms with Gasteiger partial charge in [0.15, 0.2) is 0 Å². The highest BCUT2D eigenvalue weighted by Gasteiger charge is 2.15. The van der Waals surface area contributed by atoms with Gasteiger partial charge in [-0.1, -0.05) is 24.3 Å². The van der Waals surface area contributed by atoms with Gasteiger partial charge >= 0.3 is 0 Å². The van der Waals surface area contributed by atoms with Crippen LogP contribution in [0.2, 0.25) is 0 Å². The van der Waals surface area contributed by atoms with Crippen molar-refractivity contribution in [1.82, 2.24) is 5.32 Å². The van der Waals surface area contributed by atoms with E-state index in [4.69, 9.17) is 0 Å². The van der Waals surface area contributed by atoms with Crippen LogP contribution in [0, 0.1) is 5.92 Å². The molecule has 0 spiro atoms. The third kappa shape index (κ3) is 3.42. The molecule has 1 fully saturated rings. The van der Waals surface area contributed by atoms with Crippen molar-refractivity contribution in [3.05, 3.63) is 35.4 Å². The van der Waals surface area contributed by atoms with Crippen molar-refractivity contribution in [2.45, 2.75) is 19.3 Å². The van der Waals surface area contributed by atoms with E-state index in [2.05, 4.69) is 5.32 Å². The standard InChI is InChI=1S/C12H15F2N.ClH/c13-12(14)11-3-1-9(2-4-11)7-10-5-6-15-8-10;/h1-4,10,12,15H,5-8H2;1H. The summed E-state index contributed by atoms with van der Waals surface area (Å²) in [6.07, 6.45) is -0.167. The maximum Gasteiger partial charge on any atom is 0.263 e. The zero-order valence-corrected chi connectivity index (χ0v) is 9.77. The largest absolute Gasteiger partial charge is 0.316 e. The fourth-order valence-electron chi connectivity index (χ4n) is 2.02. The van der Waals surface area contributed by atoms with Gasteiger partial charge in [0, 0.05) is 5.56 Å². The molecule has 0 saturated carbocycles. The summed E-state index contributed by atoms with van der Waals surface area (Å²) in [6, 6.07) is 6.70. The maximum atomic E-state index is 12.3. The summed E-state index contributed by atoms with van der Waals surface area (Å²) in [4.78, 5) is 0. The van der Waals surface area contributed by atoms with E-state index in [0.717, 1.165) is 25.1 Å². The van der Waals surface area contributed by atoms with Crippen molar-refractivity contribution in [3.63, 3.8) is 0 Å². The second-order valence-electron chi connectivity index (χ2n) is 4.11. The van der Waals surface area contributed by atoms with Crippen LogP contribution in [0.5, 0.6) is 0 Å². The van der Waals surface area contributed by atoms with Crippen LogP contribution >= 0.6 is 12.4 Å². The van der Waals surface area contributed by atoms with Gasteiger partial charge in [-0.05, 0) is 37.4 Å². The molecule has 0 amide bonds. The maximum absolute atomic E-state index is 12.3. The summed E-state index contributed by atoms with van der Waals surface area (Å²) in [5, 5.41) is 3.30. The van der Waals surface area contributed by atoms with Crippen LogP contribution in [0.25, 0.3) is 0 Å². The minimum atomic E-state index is -2.35. The quantitative estimate of drug-likeness (QED) is 0.865. The highest BCUT2D eigenvalue weighted by molar-refractivity contribution is 5.85. The average molecular weight is 248 g/mol. The van der Waals surface area contributed by atoms with Crippen LogP contribution < -0.4 is 5.32 Å². The third-order valence-electron chi connectivity index (χ3n) is 2.92. The predicted molar refractivity (Wildman–Crippen MR) is 63.3 cm³/mol. The van der Waals surface area contributed by atoms with E-state index in [1.165, 1.54) is 18.6 Å². The molecule has 16 heavy (non-hydrogen) atoms. The molecule has 1 aromatic carbocycles. The lowest BCUT2D eigenvalue weighted by Crippen LogP contribution is -2.10. The van der Waals surface area contributed by atoms with Crippen LogP contribution in [0.3, 0.4) is 0 Å². The molecule has 0 radical (unpaired) electrons. The third-order valence-corrected chi connectivity index (χ3v) is 2.92. The van der Waals surface area contributed by atoms with Gasteiger partial charge in [-0.2, -0.15) is 0 Å². The molecular formula is C12H16ClF2N. The van der Waals surface area contributed by atoms with Gasteiger partial charge in [-0.15, -0.1) is 12.4 Å². The average Bonchev–Trinajstić information content (AvgIpc) is 2.71. The minimum Gasteiger partial charge on any atom is -0.316 e. The van der Waals surface area contributed by atoms with Gasteiger partial charge < -0.3 is 5.32 Å². The summed E-state index contributed by atoms with van der Waals surface area (Å²) in [5.74, 6) is 0.669. The summed E-state index contributed by atoms with van der Waals surface area (Å²) in [5.41, 5.74) is 1.27. The van der Waals surface area contributed by atoms with Gasteiger partial charge in [-0.3, -0.25) is 0 Å². The van der Waals surface area contributed by atoms with E-state index in [0.29, 0.717) is 5.92 Å². The number of rotatable bonds is 3. The SMILES string of the molecule is Cl.FC(F)c1ccc(CC2CCNC2)cc1. The lowest BCUT2D eigenvalue weighted by Gasteiger charge is -2.08. The van der Waals surface area contributed by atoms with E-state index in [-0.39, 0.29) is 18.0 Å². The first-order valence-electron chi connectivity index (χ1n) is 5.33. The second-order valence-corrected chi connectivity index (χ2v) is 4.11. The van der Waals surface area contributed by atoms with Crippen LogP contribution in [0.4, 0.5) is 8.78 Å². The normalized spacial score (nSPS) is 19.8. The molecule has 1 nitrogen and oxygen atoms in total. The molecule has 4 heteroatoms. The fraction of sp³-hybridized carbons (Fsp3) is 0.500. The molecule has 1 N–H and O–H groups in total. The minimum absolute atomic E-state index is 0. The highest BCUT2D eigenvalue weighted by Crippen LogP contribution is 2.21. The summed E-state index contributed by atoms with van der Waals surface area (Å²) in [7, 11) is 0. The van der Waals surface area contributed by atoms with Crippen LogP contribution in [-0.4, -0.2) is 13.1 Å². The molecule has 0 aromatic heterocycles. The zero-order chi connectivity index (χ0) is 10.7. The molecule has 0 bridgehead atoms. The first kappa shape index (κ1) is 13.4. The van der Waals surface area contributed by atoms with Crippen LogP contribution in [-0.2, 0) is 6.42 Å². The molecule has 1 aliphatic rings. The van der Waals surface area contributed by atoms with Crippen molar-refractivity contribution in [2.24, 2.45) is 5.92 Å². The number of hydrogen-bond donors (Lipinski definition) is 1. The Morgan fingerprint density at radius 1 is 1.25 bits per heavy atom. The summed E-state index contributed by atoms with van der Waals surface area (Å²) < 4.78 is 24.6. The zero-order valence-electron chi connectivity index (χ0n) is 8.96. The fourth-order valence-corrected chi connectivity index (χ4v) is 2.02. The highest BCUT2D eigenvalue weighted by atomic mass is 35.5. The molecule has 2 rings (SSSR count). The summed E-state index contributed by atoms with van der Waals surface area (Å²) >= 11 is 0. The van der Waals surface area contributed by atoms with Gasteiger partial charge in [0.25, 0.3) is 6.43 Å². The first-order valence-corrected chi connectivity index (χ1v) is 5.33. The van der Waals surface area contributed by atoms with E-state index in [9.17, 15) is 8.78 Å². The molecule has 0 aliphatic carbocycles. The van der Waals surface area contributed by atoms with Gasteiger partial charge in [-0.25, -0.2) is 8.78 Å². The lowest BCUT2D eigenvalue weighted by atomic mass is 9.98. The number of halogens is 3. The van der Waals surface area contributed by atoms with E-state index in [1.54, 1.807) is 0 Å². The predicted octanol–water partition coefficient (Wildman–Crippen LogP) is 3.20. The van der Waals surface area contributed by atoms with Gasteiger partial charge in [0.05, 0.1) is 0 Å². The molecule has 1 unspecified atom stereocenters. The van der Waals surface area contributed by atoms with Crippen LogP contribution in [0.1, 0.15) is 24.0 Å². The molecule has 1 aliphatic heterocycles. The molecule has 1 atom stereocenters. The molecule has 90 valence electrons. The van der Waals surface area contributed by atoms with Crippen molar-refractivity contribution < 1.29 is 8.78 Å². The van der Waals surface area contributed by atoms with E-state index >= 15 is 0 Å². The first-order chi connectivity index (χ1) is 7.25. The second kappa shape index (κ2) is 6.16. The summed E-state index contributed by atoms with van der Waals surface area (Å²) in [6.45, 7) is 2.14. The number of hydrogen-bond acceptors (Lipinski definition) is 1. The van der Waals surface area contributed by atoms with Crippen molar-refractivity contribution in [1.29, 1.82) is 0 Å². The van der Waals surface area contributed by atoms with Crippen LogP contribution in [0.15, 0.2) is 24.3 Å². The van der Waals surface area contributed by atoms with Gasteiger partial charge in [0.2, 0.25) is 0 Å². The van der Waals surface area contributed by atoms with E-state index < -0.39 is 6.43 Å². The molecular weight excluding hydrogens is 232 g/mol. The van der Waals surface area contributed by atoms with Crippen molar-refractivity contribution in [3.8, 4) is 0 Å². The van der Waals surface area contributed by atoms with Crippen molar-refractivity contribution >= 4 is 12.4 Å². The molecule has 1 aromatic rings. The monoisotopic (exact) mass is 247 g/mol. The van der Waals surface area contributed by atoms with Crippen molar-refractivity contribution in [2.75, 3.05) is 13.1 Å². The topological polar surface area (TPSA) is 12.0 Å².